The van der Waals surface area contributed by atoms with E-state index >= 15 is 13.2 Å². The number of fused-ring (bicyclic) bond motifs is 12. The number of ether oxygens (including phenoxy) is 7. The molecule has 4 saturated carbocycles. The molecule has 8 aromatic carbocycles. The predicted octanol–water partition coefficient (Wildman–Crippen LogP) is 17.3. The summed E-state index contributed by atoms with van der Waals surface area (Å²) in [4.78, 5) is 24.8. The number of halogens is 12. The third kappa shape index (κ3) is 21.1. The van der Waals surface area contributed by atoms with E-state index in [9.17, 15) is 75.4 Å². The molecule has 721 valence electrons. The number of aliphatic hydroxyl groups excluding tert-OH is 2. The van der Waals surface area contributed by atoms with Crippen LogP contribution in [0.25, 0.3) is 0 Å². The number of hydrogen-bond acceptors (Lipinski definition) is 19. The summed E-state index contributed by atoms with van der Waals surface area (Å²) in [6.45, 7) is 20.8. The molecule has 134 heavy (non-hydrogen) atoms. The maximum absolute atomic E-state index is 15.4. The van der Waals surface area contributed by atoms with Gasteiger partial charge in [0.15, 0.2) is 85.6 Å². The molecule has 0 spiro atoms. The first-order chi connectivity index (χ1) is 61.9. The molecule has 2 N–H and O–H groups in total. The van der Waals surface area contributed by atoms with Gasteiger partial charge in [-0.2, -0.15) is 0 Å². The fourth-order valence-corrected chi connectivity index (χ4v) is 32.2. The Morgan fingerprint density at radius 2 is 0.634 bits per heavy atom. The van der Waals surface area contributed by atoms with Crippen molar-refractivity contribution in [3.8, 4) is 23.0 Å². The van der Waals surface area contributed by atoms with Crippen LogP contribution in [0.5, 0.6) is 23.0 Å². The van der Waals surface area contributed by atoms with Crippen molar-refractivity contribution in [3.05, 3.63) is 234 Å². The summed E-state index contributed by atoms with van der Waals surface area (Å²) in [5.74, 6) is -14.1. The largest absolute Gasteiger partial charge is 1.00 e. The molecule has 0 aromatic heterocycles. The van der Waals surface area contributed by atoms with Crippen molar-refractivity contribution in [1.82, 2.24) is 0 Å². The Bertz CT molecular complexity index is 5950. The Hall–Kier alpha value is -5.78. The molecule has 19 nitrogen and oxygen atoms in total. The van der Waals surface area contributed by atoms with Gasteiger partial charge in [0.1, 0.15) is 53.8 Å². The minimum atomic E-state index is -4.31. The first-order valence-electron chi connectivity index (χ1n) is 43.5. The third-order valence-corrected chi connectivity index (χ3v) is 43.3. The molecule has 13 atom stereocenters. The number of Topliss-reactive ketones (excluding diaryl/α,β-unsaturated/α-hetero) is 2. The normalized spacial score (nSPS) is 25.2. The molecule has 40 heteroatoms. The number of benzene rings is 8. The second-order valence-corrected chi connectivity index (χ2v) is 66.0. The van der Waals surface area contributed by atoms with Crippen LogP contribution in [0.1, 0.15) is 81.5 Å². The third-order valence-electron chi connectivity index (χ3n) is 26.9. The molecular formula is C94H107BCl4F8NaO19S4Si3. The van der Waals surface area contributed by atoms with Gasteiger partial charge >= 0.3 is 29.6 Å². The van der Waals surface area contributed by atoms with Crippen molar-refractivity contribution in [2.75, 3.05) is 66.1 Å². The molecule has 4 heterocycles. The summed E-state index contributed by atoms with van der Waals surface area (Å²) in [5.41, 5.74) is -1.27. The summed E-state index contributed by atoms with van der Waals surface area (Å²) in [6.07, 6.45) is -2.17. The van der Waals surface area contributed by atoms with Crippen LogP contribution in [0.4, 0.5) is 35.1 Å². The summed E-state index contributed by atoms with van der Waals surface area (Å²) >= 11 is 23.8. The molecule has 0 amide bonds. The smallest absolute Gasteiger partial charge is 1.00 e. The maximum Gasteiger partial charge on any atom is 1.00 e. The number of hydrogen-bond donors (Lipinski definition) is 2. The molecule has 8 aliphatic rings. The first-order valence-corrected chi connectivity index (χ1v) is 62.1. The van der Waals surface area contributed by atoms with E-state index < -0.39 is 194 Å². The Morgan fingerprint density at radius 1 is 0.373 bits per heavy atom. The fourth-order valence-electron chi connectivity index (χ4n) is 19.9. The van der Waals surface area contributed by atoms with E-state index in [1.54, 1.807) is 0 Å². The van der Waals surface area contributed by atoms with E-state index in [0.29, 0.717) is 39.9 Å². The molecule has 4 aliphatic heterocycles. The van der Waals surface area contributed by atoms with Crippen LogP contribution in [0.3, 0.4) is 0 Å². The minimum absolute atomic E-state index is 0. The predicted molar refractivity (Wildman–Crippen MR) is 500 cm³/mol. The number of rotatable bonds is 23. The monoisotopic (exact) mass is 2080 g/mol. The van der Waals surface area contributed by atoms with Gasteiger partial charge in [-0.3, -0.25) is 9.59 Å². The molecule has 16 rings (SSSR count). The number of sulfone groups is 4. The molecule has 4 aliphatic carbocycles. The zero-order valence-electron chi connectivity index (χ0n) is 76.7. The molecule has 0 bridgehead atoms. The van der Waals surface area contributed by atoms with Gasteiger partial charge in [-0.15, -0.1) is 0 Å². The van der Waals surface area contributed by atoms with Gasteiger partial charge in [-0.25, -0.2) is 68.8 Å². The number of ketones is 2. The van der Waals surface area contributed by atoms with Gasteiger partial charge in [-0.1, -0.05) is 105 Å². The Labute approximate surface area is 826 Å². The average Bonchev–Trinajstić information content (AvgIpc) is 0.722. The van der Waals surface area contributed by atoms with Crippen LogP contribution in [0, 0.1) is 88.0 Å². The Morgan fingerprint density at radius 3 is 0.948 bits per heavy atom. The molecule has 3 radical (unpaired) electrons. The quantitative estimate of drug-likeness (QED) is 0.0342. The van der Waals surface area contributed by atoms with E-state index in [0.717, 1.165) is 66.7 Å². The Balaban J connectivity index is 0.000000186. The van der Waals surface area contributed by atoms with Crippen LogP contribution in [-0.2, 0) is 82.1 Å². The maximum atomic E-state index is 15.4. The molecular weight excluding hydrogens is 1970 g/mol. The standard InChI is InChI=1S/2C25H31ClF2O5SSi.C25H29ClF2O5SSi.C19H15ClF2O4S.B.Na.H/c3*1-35(2,3)13-12-32-14-18-19-15-33-24-21(28)9-8-20(27)23(24)25(19,11-10-22(18)29)34(30,31)17-6-4-16(26)5-7-17;20-12-1-3-14(4-2-12)27(24,25)19-8-7-13(23)9-11(19)10-26-18-16(22)6-5-15(21)17(18)19;;;/h2*4-9,18-19,22,29H,10-15H2,1-3H3;4-9,18-19H,10-15H2,1-3H3;1-6,11H,7-10H2;;;/q;;;;;+1;-1/t18-,19-,22+,25-;18-,19-,22-,25-;18-,19-,25-;11-,19+;;;/m0001.../s1. The number of carbonyl (C=O) groups is 2. The van der Waals surface area contributed by atoms with Gasteiger partial charge in [-0.05, 0) is 202 Å². The van der Waals surface area contributed by atoms with Gasteiger partial charge in [0.25, 0.3) is 0 Å². The van der Waals surface area contributed by atoms with Crippen molar-refractivity contribution in [1.29, 1.82) is 0 Å². The van der Waals surface area contributed by atoms with Crippen molar-refractivity contribution < 1.29 is 153 Å². The second kappa shape index (κ2) is 42.6. The van der Waals surface area contributed by atoms with Crippen LogP contribution in [0.2, 0.25) is 97.1 Å². The summed E-state index contributed by atoms with van der Waals surface area (Å²) in [5, 5.41) is 23.2. The van der Waals surface area contributed by atoms with Gasteiger partial charge in [0.05, 0.1) is 100 Å². The van der Waals surface area contributed by atoms with E-state index in [1.807, 2.05) is 0 Å². The van der Waals surface area contributed by atoms with E-state index in [4.69, 9.17) is 79.6 Å². The zero-order chi connectivity index (χ0) is 96.2. The second-order valence-electron chi connectivity index (χ2n) is 38.6. The van der Waals surface area contributed by atoms with Gasteiger partial charge in [0, 0.05) is 133 Å². The van der Waals surface area contributed by atoms with Crippen LogP contribution in [-0.4, -0.2) is 166 Å². The van der Waals surface area contributed by atoms with Crippen LogP contribution >= 0.6 is 46.4 Å². The fraction of sp³-hybridized carbons (Fsp3) is 0.468. The average molecular weight is 2080 g/mol. The van der Waals surface area contributed by atoms with E-state index in [-0.39, 0.29) is 208 Å². The van der Waals surface area contributed by atoms with E-state index in [2.05, 4.69) is 58.9 Å². The van der Waals surface area contributed by atoms with Crippen molar-refractivity contribution >= 4 is 130 Å². The van der Waals surface area contributed by atoms with Crippen LogP contribution in [0.15, 0.2) is 165 Å². The zero-order valence-corrected chi connectivity index (χ0v) is 87.0. The van der Waals surface area contributed by atoms with Crippen LogP contribution < -0.4 is 48.5 Å². The molecule has 0 saturated heterocycles. The van der Waals surface area contributed by atoms with Gasteiger partial charge in [0.2, 0.25) is 0 Å². The SMILES string of the molecule is C[Si](C)(C)CCOC[C@@H]1C(=O)CC[C@@]2(S(=O)(=O)c3ccc(Cl)cc3)c3c(F)ccc(F)c3OC[C@@H]12.C[Si](C)(C)CCOC[C@@H]1[C@@H](O)CC[C@@]2(S(=O)(=O)c3ccc(Cl)cc3)c3c(F)ccc(F)c3OC[C@@H]12.C[Si](C)(C)CCOC[C@@H]1[C@H](O)CC[C@@]2(S(=O)(=O)c3ccc(Cl)cc3)c3c(F)ccc(F)c3OC[C@@H]12.O=C1CC[C@@]2(S(=O)(=O)c3ccc(Cl)cc3)c3c(F)ccc(F)c3OC[C@H]2C1.[B].[H-].[Na+]. The van der Waals surface area contributed by atoms with Crippen molar-refractivity contribution in [2.24, 2.45) is 41.4 Å². The van der Waals surface area contributed by atoms with Crippen molar-refractivity contribution in [2.45, 2.75) is 186 Å². The topological polar surface area (TPSA) is 276 Å². The molecule has 0 unspecified atom stereocenters. The molecule has 8 aromatic rings. The minimum Gasteiger partial charge on any atom is -1.00 e. The Kier molecular flexibility index (Phi) is 34.5. The summed E-state index contributed by atoms with van der Waals surface area (Å²) in [7, 11) is -21.1. The van der Waals surface area contributed by atoms with Crippen molar-refractivity contribution in [3.63, 3.8) is 0 Å². The summed E-state index contributed by atoms with van der Waals surface area (Å²) < 4.78 is 266. The van der Waals surface area contributed by atoms with E-state index in [1.165, 1.54) is 97.1 Å². The molecule has 4 fully saturated rings. The number of aliphatic hydroxyl groups is 2. The summed E-state index contributed by atoms with van der Waals surface area (Å²) in [6, 6.07) is 32.5. The van der Waals surface area contributed by atoms with Gasteiger partial charge < -0.3 is 44.8 Å². The first kappa shape index (κ1) is 109. The number of carbonyl (C=O) groups excluding carboxylic acids is 2.